The highest BCUT2D eigenvalue weighted by Crippen LogP contribution is 1.90. The molecule has 0 spiro atoms. The lowest BCUT2D eigenvalue weighted by Gasteiger charge is -1.99. The third-order valence-electron chi connectivity index (χ3n) is 2.14. The molecule has 0 radical (unpaired) electrons. The lowest BCUT2D eigenvalue weighted by molar-refractivity contribution is 1.32. The Kier molecular flexibility index (Phi) is 3.13. The summed E-state index contributed by atoms with van der Waals surface area (Å²) in [5, 5.41) is 2.29. The van der Waals surface area contributed by atoms with Crippen LogP contribution < -0.4 is 16.2 Å². The van der Waals surface area contributed by atoms with Crippen molar-refractivity contribution < 1.29 is 0 Å². The van der Waals surface area contributed by atoms with Crippen LogP contribution in [0.2, 0.25) is 0 Å². The van der Waals surface area contributed by atoms with Crippen molar-refractivity contribution in [2.45, 2.75) is 20.8 Å². The van der Waals surface area contributed by atoms with E-state index in [2.05, 4.69) is 25.6 Å². The van der Waals surface area contributed by atoms with Crippen LogP contribution in [0.4, 0.5) is 0 Å². The van der Waals surface area contributed by atoms with E-state index in [4.69, 9.17) is 5.73 Å². The molecular weight excluding hydrogens is 170 g/mol. The monoisotopic (exact) mass is 187 g/mol. The SMILES string of the molecule is C=C(C)/C=c1/c(C)ccc/c1=C(\C)N. The molecule has 0 heterocycles. The van der Waals surface area contributed by atoms with Gasteiger partial charge in [0.2, 0.25) is 0 Å². The van der Waals surface area contributed by atoms with Gasteiger partial charge in [-0.3, -0.25) is 0 Å². The van der Waals surface area contributed by atoms with Gasteiger partial charge in [0.05, 0.1) is 0 Å². The summed E-state index contributed by atoms with van der Waals surface area (Å²) in [5.74, 6) is 0. The first-order chi connectivity index (χ1) is 6.52. The topological polar surface area (TPSA) is 26.0 Å². The van der Waals surface area contributed by atoms with Gasteiger partial charge in [-0.25, -0.2) is 0 Å². The molecule has 1 aromatic rings. The minimum atomic E-state index is 0.848. The predicted molar refractivity (Wildman–Crippen MR) is 63.0 cm³/mol. The Labute approximate surface area is 85.3 Å². The van der Waals surface area contributed by atoms with Crippen LogP contribution >= 0.6 is 0 Å². The van der Waals surface area contributed by atoms with Crippen molar-refractivity contribution in [3.8, 4) is 0 Å². The quantitative estimate of drug-likeness (QED) is 0.707. The summed E-state index contributed by atoms with van der Waals surface area (Å²) in [6.07, 6.45) is 2.07. The molecule has 0 atom stereocenters. The van der Waals surface area contributed by atoms with E-state index in [-0.39, 0.29) is 0 Å². The number of aryl methyl sites for hydroxylation is 1. The zero-order valence-electron chi connectivity index (χ0n) is 9.09. The highest BCUT2D eigenvalue weighted by Gasteiger charge is 1.92. The molecule has 74 valence electrons. The van der Waals surface area contributed by atoms with Crippen molar-refractivity contribution in [3.63, 3.8) is 0 Å². The molecule has 0 aliphatic rings. The zero-order valence-corrected chi connectivity index (χ0v) is 9.09. The molecule has 0 bridgehead atoms. The van der Waals surface area contributed by atoms with E-state index in [0.29, 0.717) is 0 Å². The highest BCUT2D eigenvalue weighted by molar-refractivity contribution is 5.49. The van der Waals surface area contributed by atoms with Gasteiger partial charge in [-0.1, -0.05) is 36.4 Å². The molecule has 1 aromatic carbocycles. The van der Waals surface area contributed by atoms with E-state index >= 15 is 0 Å². The second-order valence-electron chi connectivity index (χ2n) is 3.71. The molecule has 0 aliphatic heterocycles. The van der Waals surface area contributed by atoms with E-state index in [0.717, 1.165) is 16.5 Å². The van der Waals surface area contributed by atoms with Gasteiger partial charge >= 0.3 is 0 Å². The first-order valence-corrected chi connectivity index (χ1v) is 4.71. The summed E-state index contributed by atoms with van der Waals surface area (Å²) >= 11 is 0. The molecule has 0 saturated heterocycles. The number of rotatable bonds is 1. The van der Waals surface area contributed by atoms with Crippen LogP contribution in [0.15, 0.2) is 30.4 Å². The van der Waals surface area contributed by atoms with E-state index < -0.39 is 0 Å². The van der Waals surface area contributed by atoms with Crippen LogP contribution in [0, 0.1) is 6.92 Å². The average molecular weight is 187 g/mol. The summed E-state index contributed by atoms with van der Waals surface area (Å²) in [5.41, 5.74) is 8.95. The van der Waals surface area contributed by atoms with Crippen LogP contribution in [0.5, 0.6) is 0 Å². The molecule has 0 unspecified atom stereocenters. The second-order valence-corrected chi connectivity index (χ2v) is 3.71. The number of hydrogen-bond donors (Lipinski definition) is 1. The van der Waals surface area contributed by atoms with Crippen molar-refractivity contribution in [2.24, 2.45) is 5.73 Å². The predicted octanol–water partition coefficient (Wildman–Crippen LogP) is 1.44. The van der Waals surface area contributed by atoms with Crippen molar-refractivity contribution in [2.75, 3.05) is 0 Å². The van der Waals surface area contributed by atoms with E-state index in [1.807, 2.05) is 26.0 Å². The molecule has 0 aromatic heterocycles. The summed E-state index contributed by atoms with van der Waals surface area (Å²) in [7, 11) is 0. The maximum Gasteiger partial charge on any atom is 0.0129 e. The fraction of sp³-hybridized carbons (Fsp3) is 0.231. The van der Waals surface area contributed by atoms with E-state index in [1.54, 1.807) is 0 Å². The van der Waals surface area contributed by atoms with Crippen LogP contribution in [0.1, 0.15) is 19.4 Å². The normalized spacial score (nSPS) is 14.1. The summed E-state index contributed by atoms with van der Waals surface area (Å²) in [6, 6.07) is 6.15. The summed E-state index contributed by atoms with van der Waals surface area (Å²) < 4.78 is 0. The molecular formula is C13H17N. The van der Waals surface area contributed by atoms with Gasteiger partial charge < -0.3 is 5.73 Å². The number of allylic oxidation sites excluding steroid dienone is 1. The Bertz CT molecular complexity index is 462. The Morgan fingerprint density at radius 2 is 2.00 bits per heavy atom. The Morgan fingerprint density at radius 3 is 2.50 bits per heavy atom. The van der Waals surface area contributed by atoms with E-state index in [1.165, 1.54) is 10.8 Å². The molecule has 0 aliphatic carbocycles. The molecule has 0 saturated carbocycles. The van der Waals surface area contributed by atoms with Gasteiger partial charge in [0.1, 0.15) is 0 Å². The van der Waals surface area contributed by atoms with Gasteiger partial charge in [-0.15, -0.1) is 0 Å². The molecule has 0 amide bonds. The van der Waals surface area contributed by atoms with Gasteiger partial charge in [-0.05, 0) is 31.6 Å². The Balaban J connectivity index is 3.72. The van der Waals surface area contributed by atoms with Crippen molar-refractivity contribution >= 4 is 11.8 Å². The number of hydrogen-bond acceptors (Lipinski definition) is 1. The minimum absolute atomic E-state index is 0.848. The smallest absolute Gasteiger partial charge is 0.0129 e. The number of benzene rings is 1. The minimum Gasteiger partial charge on any atom is -0.402 e. The highest BCUT2D eigenvalue weighted by atomic mass is 14.5. The molecule has 1 heteroatoms. The first kappa shape index (κ1) is 10.6. The van der Waals surface area contributed by atoms with Gasteiger partial charge in [0.15, 0.2) is 0 Å². The maximum absolute atomic E-state index is 5.83. The Morgan fingerprint density at radius 1 is 1.36 bits per heavy atom. The van der Waals surface area contributed by atoms with Crippen molar-refractivity contribution in [1.29, 1.82) is 0 Å². The molecule has 1 nitrogen and oxygen atoms in total. The second kappa shape index (κ2) is 4.14. The lowest BCUT2D eigenvalue weighted by Crippen LogP contribution is -2.30. The maximum atomic E-state index is 5.83. The van der Waals surface area contributed by atoms with Gasteiger partial charge in [0, 0.05) is 10.9 Å². The third kappa shape index (κ3) is 2.25. The molecule has 2 N–H and O–H groups in total. The standard InChI is InChI=1S/C13H17N/c1-9(2)8-13-10(3)6-5-7-12(13)11(4)14/h5-8H,1,14H2,2-4H3/b12-11-,13-8-. The van der Waals surface area contributed by atoms with Crippen LogP contribution in [0.3, 0.4) is 0 Å². The van der Waals surface area contributed by atoms with Crippen molar-refractivity contribution in [3.05, 3.63) is 46.4 Å². The summed E-state index contributed by atoms with van der Waals surface area (Å²) in [6.45, 7) is 9.88. The lowest BCUT2D eigenvalue weighted by atomic mass is 10.1. The zero-order chi connectivity index (χ0) is 10.7. The molecule has 14 heavy (non-hydrogen) atoms. The number of nitrogens with two attached hydrogens (primary N) is 1. The summed E-state index contributed by atoms with van der Waals surface area (Å²) in [4.78, 5) is 0. The molecule has 0 fully saturated rings. The van der Waals surface area contributed by atoms with Gasteiger partial charge in [0.25, 0.3) is 0 Å². The fourth-order valence-corrected chi connectivity index (χ4v) is 1.46. The third-order valence-corrected chi connectivity index (χ3v) is 2.14. The van der Waals surface area contributed by atoms with Gasteiger partial charge in [-0.2, -0.15) is 0 Å². The first-order valence-electron chi connectivity index (χ1n) is 4.71. The van der Waals surface area contributed by atoms with E-state index in [9.17, 15) is 0 Å². The molecule has 1 rings (SSSR count). The Hall–Kier alpha value is -1.50. The van der Waals surface area contributed by atoms with Crippen LogP contribution in [-0.4, -0.2) is 0 Å². The van der Waals surface area contributed by atoms with Crippen LogP contribution in [0.25, 0.3) is 11.8 Å². The fourth-order valence-electron chi connectivity index (χ4n) is 1.46. The largest absolute Gasteiger partial charge is 0.402 e. The van der Waals surface area contributed by atoms with Crippen molar-refractivity contribution in [1.82, 2.24) is 0 Å². The average Bonchev–Trinajstić information content (AvgIpc) is 2.07. The van der Waals surface area contributed by atoms with Crippen LogP contribution in [-0.2, 0) is 0 Å².